The van der Waals surface area contributed by atoms with E-state index in [1.807, 2.05) is 14.0 Å². The van der Waals surface area contributed by atoms with Gasteiger partial charge in [-0.15, -0.1) is 0 Å². The second kappa shape index (κ2) is 3.63. The first-order valence-corrected chi connectivity index (χ1v) is 2.35. The van der Waals surface area contributed by atoms with Crippen molar-refractivity contribution in [3.8, 4) is 6.07 Å². The monoisotopic (exact) mass is 98.1 g/mol. The molecule has 0 aliphatic heterocycles. The quantitative estimate of drug-likeness (QED) is 0.546. The van der Waals surface area contributed by atoms with E-state index in [9.17, 15) is 0 Å². The summed E-state index contributed by atoms with van der Waals surface area (Å²) in [5.74, 6) is 0. The fourth-order valence-electron chi connectivity index (χ4n) is 0.239. The van der Waals surface area contributed by atoms with Crippen molar-refractivity contribution in [2.24, 2.45) is 0 Å². The molecule has 0 bridgehead atoms. The van der Waals surface area contributed by atoms with E-state index < -0.39 is 0 Å². The van der Waals surface area contributed by atoms with Gasteiger partial charge < -0.3 is 5.32 Å². The summed E-state index contributed by atoms with van der Waals surface area (Å²) in [6.07, 6.45) is 0.594. The zero-order valence-electron chi connectivity index (χ0n) is 4.73. The summed E-state index contributed by atoms with van der Waals surface area (Å²) in [6.45, 7) is 1.98. The molecule has 40 valence electrons. The Morgan fingerprint density at radius 3 is 2.57 bits per heavy atom. The summed E-state index contributed by atoms with van der Waals surface area (Å²) in [4.78, 5) is 0. The lowest BCUT2D eigenvalue weighted by molar-refractivity contribution is 0.625. The SMILES string of the molecule is CN[C@H](C)CC#N. The van der Waals surface area contributed by atoms with Crippen molar-refractivity contribution in [2.75, 3.05) is 7.05 Å². The van der Waals surface area contributed by atoms with Gasteiger partial charge in [0.25, 0.3) is 0 Å². The van der Waals surface area contributed by atoms with Crippen molar-refractivity contribution in [2.45, 2.75) is 19.4 Å². The minimum absolute atomic E-state index is 0.338. The highest BCUT2D eigenvalue weighted by atomic mass is 14.8. The van der Waals surface area contributed by atoms with Crippen LogP contribution in [-0.4, -0.2) is 13.1 Å². The summed E-state index contributed by atoms with van der Waals surface area (Å²) >= 11 is 0. The van der Waals surface area contributed by atoms with Crippen LogP contribution in [0.2, 0.25) is 0 Å². The number of rotatable bonds is 2. The molecule has 2 nitrogen and oxygen atoms in total. The van der Waals surface area contributed by atoms with Gasteiger partial charge in [0.05, 0.1) is 12.5 Å². The average Bonchev–Trinajstić information content (AvgIpc) is 1.68. The lowest BCUT2D eigenvalue weighted by Crippen LogP contribution is -2.19. The van der Waals surface area contributed by atoms with Crippen LogP contribution in [0, 0.1) is 11.3 Å². The Kier molecular flexibility index (Phi) is 3.35. The Morgan fingerprint density at radius 1 is 1.86 bits per heavy atom. The molecule has 0 unspecified atom stereocenters. The molecule has 0 aromatic carbocycles. The Balaban J connectivity index is 3.03. The van der Waals surface area contributed by atoms with Crippen LogP contribution in [0.25, 0.3) is 0 Å². The minimum atomic E-state index is 0.338. The second-order valence-corrected chi connectivity index (χ2v) is 1.55. The third-order valence-corrected chi connectivity index (χ3v) is 0.890. The molecule has 0 spiro atoms. The molecule has 0 aromatic heterocycles. The first kappa shape index (κ1) is 6.45. The van der Waals surface area contributed by atoms with Gasteiger partial charge in [0, 0.05) is 6.04 Å². The first-order chi connectivity index (χ1) is 3.31. The topological polar surface area (TPSA) is 35.8 Å². The predicted octanol–water partition coefficient (Wildman–Crippen LogP) is 0.508. The molecule has 0 aliphatic carbocycles. The summed E-state index contributed by atoms with van der Waals surface area (Å²) in [7, 11) is 1.85. The Hall–Kier alpha value is -0.550. The first-order valence-electron chi connectivity index (χ1n) is 2.35. The molecule has 0 heterocycles. The molecular weight excluding hydrogens is 88.1 g/mol. The predicted molar refractivity (Wildman–Crippen MR) is 28.8 cm³/mol. The van der Waals surface area contributed by atoms with E-state index in [-0.39, 0.29) is 0 Å². The standard InChI is InChI=1S/C5H10N2/c1-5(7-2)3-4-6/h5,7H,3H2,1-2H3/t5-/m1/s1. The number of nitriles is 1. The van der Waals surface area contributed by atoms with Gasteiger partial charge in [-0.2, -0.15) is 5.26 Å². The van der Waals surface area contributed by atoms with Gasteiger partial charge in [-0.3, -0.25) is 0 Å². The minimum Gasteiger partial charge on any atom is -0.316 e. The molecule has 2 heteroatoms. The van der Waals surface area contributed by atoms with Crippen molar-refractivity contribution >= 4 is 0 Å². The summed E-state index contributed by atoms with van der Waals surface area (Å²) in [6, 6.07) is 2.39. The lowest BCUT2D eigenvalue weighted by Gasteiger charge is -2.00. The van der Waals surface area contributed by atoms with Gasteiger partial charge >= 0.3 is 0 Å². The highest BCUT2D eigenvalue weighted by molar-refractivity contribution is 4.75. The maximum Gasteiger partial charge on any atom is 0.0638 e. The molecule has 0 aliphatic rings. The molecule has 0 aromatic rings. The summed E-state index contributed by atoms with van der Waals surface area (Å²) in [5.41, 5.74) is 0. The molecule has 0 radical (unpaired) electrons. The van der Waals surface area contributed by atoms with E-state index in [0.717, 1.165) is 0 Å². The third kappa shape index (κ3) is 3.28. The average molecular weight is 98.1 g/mol. The van der Waals surface area contributed by atoms with E-state index in [2.05, 4.69) is 11.4 Å². The molecular formula is C5H10N2. The zero-order valence-corrected chi connectivity index (χ0v) is 4.73. The van der Waals surface area contributed by atoms with E-state index in [0.29, 0.717) is 12.5 Å². The smallest absolute Gasteiger partial charge is 0.0638 e. The van der Waals surface area contributed by atoms with Crippen molar-refractivity contribution < 1.29 is 0 Å². The highest BCUT2D eigenvalue weighted by Gasteiger charge is 1.91. The normalized spacial score (nSPS) is 12.7. The van der Waals surface area contributed by atoms with Crippen LogP contribution in [0.3, 0.4) is 0 Å². The van der Waals surface area contributed by atoms with Crippen molar-refractivity contribution in [1.82, 2.24) is 5.32 Å². The molecule has 1 N–H and O–H groups in total. The number of nitrogens with one attached hydrogen (secondary N) is 1. The summed E-state index contributed by atoms with van der Waals surface area (Å²) in [5, 5.41) is 11.0. The highest BCUT2D eigenvalue weighted by Crippen LogP contribution is 1.82. The van der Waals surface area contributed by atoms with Crippen LogP contribution in [0.15, 0.2) is 0 Å². The van der Waals surface area contributed by atoms with Gasteiger partial charge in [0.2, 0.25) is 0 Å². The molecule has 0 amide bonds. The molecule has 7 heavy (non-hydrogen) atoms. The van der Waals surface area contributed by atoms with Crippen molar-refractivity contribution in [3.05, 3.63) is 0 Å². The molecule has 0 fully saturated rings. The van der Waals surface area contributed by atoms with Gasteiger partial charge in [0.1, 0.15) is 0 Å². The van der Waals surface area contributed by atoms with Crippen LogP contribution in [0.1, 0.15) is 13.3 Å². The van der Waals surface area contributed by atoms with Crippen molar-refractivity contribution in [1.29, 1.82) is 5.26 Å². The second-order valence-electron chi connectivity index (χ2n) is 1.55. The van der Waals surface area contributed by atoms with Crippen LogP contribution >= 0.6 is 0 Å². The summed E-state index contributed by atoms with van der Waals surface area (Å²) < 4.78 is 0. The number of nitrogens with zero attached hydrogens (tertiary/aromatic N) is 1. The maximum absolute atomic E-state index is 8.08. The van der Waals surface area contributed by atoms with E-state index in [4.69, 9.17) is 5.26 Å². The lowest BCUT2D eigenvalue weighted by atomic mass is 10.3. The third-order valence-electron chi connectivity index (χ3n) is 0.890. The van der Waals surface area contributed by atoms with Gasteiger partial charge in [-0.1, -0.05) is 0 Å². The molecule has 0 saturated carbocycles. The fraction of sp³-hybridized carbons (Fsp3) is 0.800. The fourth-order valence-corrected chi connectivity index (χ4v) is 0.239. The largest absolute Gasteiger partial charge is 0.316 e. The number of hydrogen-bond donors (Lipinski definition) is 1. The van der Waals surface area contributed by atoms with Crippen LogP contribution in [0.4, 0.5) is 0 Å². The van der Waals surface area contributed by atoms with E-state index in [1.165, 1.54) is 0 Å². The van der Waals surface area contributed by atoms with Crippen LogP contribution in [0.5, 0.6) is 0 Å². The van der Waals surface area contributed by atoms with E-state index >= 15 is 0 Å². The zero-order chi connectivity index (χ0) is 5.70. The Bertz CT molecular complexity index is 72.6. The van der Waals surface area contributed by atoms with Crippen LogP contribution in [-0.2, 0) is 0 Å². The molecule has 1 atom stereocenters. The van der Waals surface area contributed by atoms with Gasteiger partial charge in [-0.25, -0.2) is 0 Å². The van der Waals surface area contributed by atoms with Gasteiger partial charge in [0.15, 0.2) is 0 Å². The Morgan fingerprint density at radius 2 is 2.43 bits per heavy atom. The molecule has 0 saturated heterocycles. The number of hydrogen-bond acceptors (Lipinski definition) is 2. The van der Waals surface area contributed by atoms with Crippen molar-refractivity contribution in [3.63, 3.8) is 0 Å². The van der Waals surface area contributed by atoms with Crippen LogP contribution < -0.4 is 5.32 Å². The maximum atomic E-state index is 8.08. The van der Waals surface area contributed by atoms with Gasteiger partial charge in [-0.05, 0) is 14.0 Å². The Labute approximate surface area is 44.1 Å². The molecule has 0 rings (SSSR count). The van der Waals surface area contributed by atoms with E-state index in [1.54, 1.807) is 0 Å².